The lowest BCUT2D eigenvalue weighted by atomic mass is 10.1. The topological polar surface area (TPSA) is 97.3 Å². The number of benzene rings is 1. The van der Waals surface area contributed by atoms with Crippen LogP contribution in [-0.4, -0.2) is 38.1 Å². The Balaban J connectivity index is 2.01. The van der Waals surface area contributed by atoms with Crippen LogP contribution in [0.4, 0.5) is 0 Å². The quantitative estimate of drug-likeness (QED) is 0.143. The molecule has 0 saturated carbocycles. The third kappa shape index (κ3) is 6.76. The molecule has 0 atom stereocenters. The van der Waals surface area contributed by atoms with Crippen molar-refractivity contribution in [1.29, 1.82) is 0 Å². The predicted molar refractivity (Wildman–Crippen MR) is 154 cm³/mol. The molecule has 3 aromatic rings. The van der Waals surface area contributed by atoms with Crippen LogP contribution in [0.1, 0.15) is 58.0 Å². The number of rotatable bonds is 14. The highest BCUT2D eigenvalue weighted by Gasteiger charge is 2.25. The number of nitrogens with zero attached hydrogens (tertiary/aromatic N) is 4. The van der Waals surface area contributed by atoms with Gasteiger partial charge in [-0.05, 0) is 58.6 Å². The number of hydrogen-bond acceptors (Lipinski definition) is 6. The SMILES string of the molecule is C#CCn1c(=O)c2c(nc(CCc3ccccc3Br)n2C(C)C)n(CCCCP(=O)(OCC)OCC)c1=O. The average molecular weight is 607 g/mol. The first-order chi connectivity index (χ1) is 18.2. The van der Waals surface area contributed by atoms with Gasteiger partial charge < -0.3 is 13.6 Å². The molecule has 0 aliphatic heterocycles. The van der Waals surface area contributed by atoms with Crippen LogP contribution in [0, 0.1) is 12.3 Å². The zero-order valence-corrected chi connectivity index (χ0v) is 25.0. The van der Waals surface area contributed by atoms with Crippen LogP contribution in [0.15, 0.2) is 38.3 Å². The molecule has 0 unspecified atom stereocenters. The van der Waals surface area contributed by atoms with Crippen LogP contribution < -0.4 is 11.2 Å². The minimum Gasteiger partial charge on any atom is -0.320 e. The Hall–Kier alpha value is -2.44. The molecule has 206 valence electrons. The lowest BCUT2D eigenvalue weighted by molar-refractivity contribution is 0.219. The van der Waals surface area contributed by atoms with E-state index in [-0.39, 0.29) is 25.3 Å². The number of terminal acetylenes is 1. The molecule has 2 aromatic heterocycles. The van der Waals surface area contributed by atoms with Crippen molar-refractivity contribution in [2.75, 3.05) is 19.4 Å². The standard InChI is InChI=1S/C27H36BrN4O5P/c1-6-17-31-26(33)24-25(30(27(31)34)18-11-12-19-38(35,36-7-2)37-8-3)29-23(32(24)20(4)5)16-15-21-13-9-10-14-22(21)28/h1,9-10,13-14,20H,7-8,11-12,15-19H2,2-5H3. The fraction of sp³-hybridized carbons (Fsp3) is 0.519. The number of halogens is 1. The lowest BCUT2D eigenvalue weighted by Gasteiger charge is -2.17. The van der Waals surface area contributed by atoms with Crippen LogP contribution in [0.3, 0.4) is 0 Å². The van der Waals surface area contributed by atoms with Gasteiger partial charge in [-0.2, -0.15) is 0 Å². The number of fused-ring (bicyclic) bond motifs is 1. The Labute approximate surface area is 231 Å². The first kappa shape index (κ1) is 30.1. The summed E-state index contributed by atoms with van der Waals surface area (Å²) in [5.74, 6) is 3.15. The number of aryl methyl sites for hydroxylation is 3. The Morgan fingerprint density at radius 1 is 1.08 bits per heavy atom. The summed E-state index contributed by atoms with van der Waals surface area (Å²) in [6.45, 7) is 8.27. The zero-order chi connectivity index (χ0) is 27.9. The second kappa shape index (κ2) is 13.6. The molecule has 0 aliphatic rings. The van der Waals surface area contributed by atoms with Crippen molar-refractivity contribution in [2.24, 2.45) is 0 Å². The highest BCUT2D eigenvalue weighted by molar-refractivity contribution is 9.10. The second-order valence-corrected chi connectivity index (χ2v) is 12.2. The Bertz CT molecular complexity index is 1460. The van der Waals surface area contributed by atoms with Crippen molar-refractivity contribution in [3.63, 3.8) is 0 Å². The number of aromatic nitrogens is 4. The summed E-state index contributed by atoms with van der Waals surface area (Å²) in [5, 5.41) is 0. The number of hydrogen-bond donors (Lipinski definition) is 0. The third-order valence-electron chi connectivity index (χ3n) is 6.19. The molecule has 0 radical (unpaired) electrons. The maximum Gasteiger partial charge on any atom is 0.333 e. The van der Waals surface area contributed by atoms with E-state index in [0.29, 0.717) is 50.1 Å². The highest BCUT2D eigenvalue weighted by atomic mass is 79.9. The van der Waals surface area contributed by atoms with Gasteiger partial charge in [0.05, 0.1) is 25.9 Å². The van der Waals surface area contributed by atoms with E-state index in [1.807, 2.05) is 42.7 Å². The molecule has 0 saturated heterocycles. The summed E-state index contributed by atoms with van der Waals surface area (Å²) in [4.78, 5) is 31.7. The highest BCUT2D eigenvalue weighted by Crippen LogP contribution is 2.48. The fourth-order valence-corrected chi connectivity index (χ4v) is 6.76. The third-order valence-corrected chi connectivity index (χ3v) is 9.13. The minimum atomic E-state index is -3.18. The van der Waals surface area contributed by atoms with Crippen LogP contribution >= 0.6 is 23.5 Å². The molecule has 0 bridgehead atoms. The lowest BCUT2D eigenvalue weighted by Crippen LogP contribution is -2.40. The average Bonchev–Trinajstić information content (AvgIpc) is 3.26. The van der Waals surface area contributed by atoms with E-state index in [0.717, 1.165) is 20.4 Å². The van der Waals surface area contributed by atoms with Gasteiger partial charge in [0.15, 0.2) is 11.2 Å². The van der Waals surface area contributed by atoms with E-state index in [1.54, 1.807) is 13.8 Å². The molecule has 0 N–H and O–H groups in total. The molecular formula is C27H36BrN4O5P. The van der Waals surface area contributed by atoms with Crippen LogP contribution in [0.5, 0.6) is 0 Å². The van der Waals surface area contributed by atoms with Crippen molar-refractivity contribution >= 4 is 34.7 Å². The molecule has 1 aromatic carbocycles. The van der Waals surface area contributed by atoms with Gasteiger partial charge in [0.25, 0.3) is 5.56 Å². The number of unbranched alkanes of at least 4 members (excludes halogenated alkanes) is 1. The largest absolute Gasteiger partial charge is 0.333 e. The second-order valence-electron chi connectivity index (χ2n) is 9.16. The summed E-state index contributed by atoms with van der Waals surface area (Å²) in [6, 6.07) is 7.93. The van der Waals surface area contributed by atoms with Crippen LogP contribution in [0.25, 0.3) is 11.2 Å². The Morgan fingerprint density at radius 3 is 2.37 bits per heavy atom. The molecule has 0 fully saturated rings. The van der Waals surface area contributed by atoms with Crippen molar-refractivity contribution in [1.82, 2.24) is 18.7 Å². The Morgan fingerprint density at radius 2 is 1.76 bits per heavy atom. The minimum absolute atomic E-state index is 0.0598. The monoisotopic (exact) mass is 606 g/mol. The number of imidazole rings is 1. The molecule has 0 aliphatic carbocycles. The van der Waals surface area contributed by atoms with Gasteiger partial charge in [-0.25, -0.2) is 14.3 Å². The van der Waals surface area contributed by atoms with E-state index in [2.05, 4.69) is 21.9 Å². The smallest absolute Gasteiger partial charge is 0.320 e. The molecule has 2 heterocycles. The first-order valence-electron chi connectivity index (χ1n) is 13.0. The maximum absolute atomic E-state index is 13.5. The van der Waals surface area contributed by atoms with Gasteiger partial charge >= 0.3 is 13.3 Å². The summed E-state index contributed by atoms with van der Waals surface area (Å²) in [5.41, 5.74) is 0.909. The van der Waals surface area contributed by atoms with E-state index < -0.39 is 18.8 Å². The molecule has 9 nitrogen and oxygen atoms in total. The molecule has 0 amide bonds. The van der Waals surface area contributed by atoms with Gasteiger partial charge in [-0.1, -0.05) is 40.0 Å². The predicted octanol–water partition coefficient (Wildman–Crippen LogP) is 5.17. The van der Waals surface area contributed by atoms with Crippen molar-refractivity contribution in [3.8, 4) is 12.3 Å². The fourth-order valence-electron chi connectivity index (χ4n) is 4.55. The molecule has 0 spiro atoms. The maximum atomic E-state index is 13.5. The van der Waals surface area contributed by atoms with Crippen molar-refractivity contribution in [3.05, 3.63) is 61.0 Å². The molecule has 11 heteroatoms. The van der Waals surface area contributed by atoms with E-state index >= 15 is 0 Å². The Kier molecular flexibility index (Phi) is 10.8. The van der Waals surface area contributed by atoms with E-state index in [1.165, 1.54) is 4.57 Å². The summed E-state index contributed by atoms with van der Waals surface area (Å²) in [7, 11) is -3.18. The van der Waals surface area contributed by atoms with E-state index in [9.17, 15) is 14.2 Å². The van der Waals surface area contributed by atoms with E-state index in [4.69, 9.17) is 20.5 Å². The van der Waals surface area contributed by atoms with Crippen LogP contribution in [0.2, 0.25) is 0 Å². The summed E-state index contributed by atoms with van der Waals surface area (Å²) >= 11 is 3.60. The molecule has 38 heavy (non-hydrogen) atoms. The first-order valence-corrected chi connectivity index (χ1v) is 15.5. The molecule has 3 rings (SSSR count). The zero-order valence-electron chi connectivity index (χ0n) is 22.5. The molecular weight excluding hydrogens is 571 g/mol. The van der Waals surface area contributed by atoms with Gasteiger partial charge in [0.1, 0.15) is 5.82 Å². The summed E-state index contributed by atoms with van der Waals surface area (Å²) < 4.78 is 29.1. The van der Waals surface area contributed by atoms with Crippen molar-refractivity contribution in [2.45, 2.75) is 72.5 Å². The van der Waals surface area contributed by atoms with Crippen LogP contribution in [-0.2, 0) is 39.5 Å². The van der Waals surface area contributed by atoms with Crippen molar-refractivity contribution < 1.29 is 13.6 Å². The van der Waals surface area contributed by atoms with Gasteiger partial charge in [-0.3, -0.25) is 13.9 Å². The normalized spacial score (nSPS) is 11.9. The van der Waals surface area contributed by atoms with Gasteiger partial charge in [0, 0.05) is 23.5 Å². The van der Waals surface area contributed by atoms with Gasteiger partial charge in [-0.15, -0.1) is 6.42 Å². The summed E-state index contributed by atoms with van der Waals surface area (Å²) in [6.07, 6.45) is 8.08. The van der Waals surface area contributed by atoms with Gasteiger partial charge in [0.2, 0.25) is 0 Å².